The third kappa shape index (κ3) is 4.32. The predicted molar refractivity (Wildman–Crippen MR) is 84.6 cm³/mol. The number of ether oxygens (including phenoxy) is 2. The highest BCUT2D eigenvalue weighted by molar-refractivity contribution is 6.30. The first-order chi connectivity index (χ1) is 11.2. The number of hydrogen-bond donors (Lipinski definition) is 0. The zero-order valence-electron chi connectivity index (χ0n) is 12.4. The molecule has 0 N–H and O–H groups in total. The van der Waals surface area contributed by atoms with Gasteiger partial charge in [0.1, 0.15) is 11.9 Å². The Hall–Kier alpha value is -2.34. The second kappa shape index (κ2) is 7.28. The summed E-state index contributed by atoms with van der Waals surface area (Å²) >= 11 is 5.81. The first kappa shape index (κ1) is 15.6. The summed E-state index contributed by atoms with van der Waals surface area (Å²) < 4.78 is 11.2. The highest BCUT2D eigenvalue weighted by atomic mass is 35.5. The van der Waals surface area contributed by atoms with E-state index in [0.29, 0.717) is 29.7 Å². The van der Waals surface area contributed by atoms with E-state index in [1.54, 1.807) is 47.5 Å². The van der Waals surface area contributed by atoms with Gasteiger partial charge in [0.25, 0.3) is 5.91 Å². The minimum Gasteiger partial charge on any atom is -0.484 e. The van der Waals surface area contributed by atoms with E-state index in [-0.39, 0.29) is 18.6 Å². The lowest BCUT2D eigenvalue weighted by molar-refractivity contribution is -0.132. The van der Waals surface area contributed by atoms with E-state index in [1.165, 1.54) is 0 Å². The lowest BCUT2D eigenvalue weighted by Crippen LogP contribution is -2.34. The first-order valence-corrected chi connectivity index (χ1v) is 7.69. The van der Waals surface area contributed by atoms with Gasteiger partial charge < -0.3 is 14.4 Å². The van der Waals surface area contributed by atoms with Gasteiger partial charge in [0.05, 0.1) is 6.54 Å². The van der Waals surface area contributed by atoms with E-state index in [9.17, 15) is 4.79 Å². The normalized spacial score (nSPS) is 17.1. The average Bonchev–Trinajstić information content (AvgIpc) is 3.03. The first-order valence-electron chi connectivity index (χ1n) is 7.31. The highest BCUT2D eigenvalue weighted by Crippen LogP contribution is 2.18. The summed E-state index contributed by atoms with van der Waals surface area (Å²) in [5, 5.41) is 8.28. The third-order valence-corrected chi connectivity index (χ3v) is 3.76. The molecule has 2 heterocycles. The molecule has 3 rings (SSSR count). The van der Waals surface area contributed by atoms with Gasteiger partial charge >= 0.3 is 0 Å². The van der Waals surface area contributed by atoms with E-state index in [1.807, 2.05) is 0 Å². The summed E-state index contributed by atoms with van der Waals surface area (Å²) in [5.74, 6) is 1.03. The minimum atomic E-state index is -0.0646. The van der Waals surface area contributed by atoms with E-state index in [0.717, 1.165) is 6.42 Å². The molecule has 6 nitrogen and oxygen atoms in total. The van der Waals surface area contributed by atoms with E-state index < -0.39 is 0 Å². The van der Waals surface area contributed by atoms with Gasteiger partial charge in [-0.05, 0) is 30.3 Å². The molecule has 23 heavy (non-hydrogen) atoms. The van der Waals surface area contributed by atoms with E-state index in [4.69, 9.17) is 21.1 Å². The number of halogens is 1. The zero-order chi connectivity index (χ0) is 16.1. The van der Waals surface area contributed by atoms with Crippen LogP contribution in [0.1, 0.15) is 6.42 Å². The van der Waals surface area contributed by atoms with Gasteiger partial charge in [0.2, 0.25) is 5.88 Å². The number of benzene rings is 1. The topological polar surface area (TPSA) is 64.5 Å². The molecule has 1 amide bonds. The molecule has 1 aromatic heterocycles. The van der Waals surface area contributed by atoms with Gasteiger partial charge in [-0.1, -0.05) is 11.6 Å². The molecule has 0 bridgehead atoms. The van der Waals surface area contributed by atoms with Gasteiger partial charge in [0, 0.05) is 30.3 Å². The molecule has 0 radical (unpaired) electrons. The lowest BCUT2D eigenvalue weighted by atomic mass is 10.3. The number of aromatic nitrogens is 2. The number of carbonyl (C=O) groups excluding carboxylic acids is 1. The number of carbonyl (C=O) groups is 1. The van der Waals surface area contributed by atoms with Crippen LogP contribution in [-0.2, 0) is 4.79 Å². The molecule has 7 heteroatoms. The SMILES string of the molecule is O=C(COc1ccc(Cl)cc1)N1CCC(Oc2cccnn2)C1. The standard InChI is InChI=1S/C16H16ClN3O3/c17-12-3-5-13(6-4-12)22-11-16(21)20-9-7-14(10-20)23-15-2-1-8-18-19-15/h1-6,8,14H,7,9-11H2. The molecule has 1 fully saturated rings. The van der Waals surface area contributed by atoms with Crippen LogP contribution in [0.2, 0.25) is 5.02 Å². The van der Waals surface area contributed by atoms with Crippen molar-refractivity contribution >= 4 is 17.5 Å². The fraction of sp³-hybridized carbons (Fsp3) is 0.312. The van der Waals surface area contributed by atoms with Crippen LogP contribution in [0.25, 0.3) is 0 Å². The zero-order valence-corrected chi connectivity index (χ0v) is 13.1. The Kier molecular flexibility index (Phi) is 4.92. The molecular formula is C16H16ClN3O3. The molecule has 0 spiro atoms. The molecule has 1 aliphatic rings. The molecular weight excluding hydrogens is 318 g/mol. The fourth-order valence-corrected chi connectivity index (χ4v) is 2.47. The minimum absolute atomic E-state index is 0.000501. The quantitative estimate of drug-likeness (QED) is 0.839. The lowest BCUT2D eigenvalue weighted by Gasteiger charge is -2.17. The highest BCUT2D eigenvalue weighted by Gasteiger charge is 2.28. The molecule has 2 aromatic rings. The number of likely N-dealkylation sites (tertiary alicyclic amines) is 1. The molecule has 120 valence electrons. The van der Waals surface area contributed by atoms with Crippen LogP contribution < -0.4 is 9.47 Å². The van der Waals surface area contributed by atoms with Crippen LogP contribution in [0.4, 0.5) is 0 Å². The van der Waals surface area contributed by atoms with Gasteiger partial charge in [-0.15, -0.1) is 5.10 Å². The van der Waals surface area contributed by atoms with Crippen LogP contribution in [-0.4, -0.2) is 46.8 Å². The van der Waals surface area contributed by atoms with Crippen molar-refractivity contribution in [3.8, 4) is 11.6 Å². The van der Waals surface area contributed by atoms with Crippen molar-refractivity contribution < 1.29 is 14.3 Å². The molecule has 0 saturated carbocycles. The summed E-state index contributed by atoms with van der Waals surface area (Å²) in [6.07, 6.45) is 2.29. The molecule has 1 aliphatic heterocycles. The summed E-state index contributed by atoms with van der Waals surface area (Å²) in [7, 11) is 0. The number of hydrogen-bond acceptors (Lipinski definition) is 5. The van der Waals surface area contributed by atoms with Gasteiger partial charge in [0.15, 0.2) is 6.61 Å². The summed E-state index contributed by atoms with van der Waals surface area (Å²) in [4.78, 5) is 13.9. The largest absolute Gasteiger partial charge is 0.484 e. The Bertz CT molecular complexity index is 651. The van der Waals surface area contributed by atoms with Crippen LogP contribution >= 0.6 is 11.6 Å². The Morgan fingerprint density at radius 3 is 2.87 bits per heavy atom. The molecule has 1 saturated heterocycles. The Morgan fingerprint density at radius 2 is 2.13 bits per heavy atom. The smallest absolute Gasteiger partial charge is 0.260 e. The molecule has 1 atom stereocenters. The molecule has 0 aliphatic carbocycles. The monoisotopic (exact) mass is 333 g/mol. The van der Waals surface area contributed by atoms with Crippen molar-refractivity contribution in [3.05, 3.63) is 47.6 Å². The molecule has 1 aromatic carbocycles. The van der Waals surface area contributed by atoms with Crippen molar-refractivity contribution in [3.63, 3.8) is 0 Å². The van der Waals surface area contributed by atoms with Gasteiger partial charge in [-0.2, -0.15) is 5.10 Å². The fourth-order valence-electron chi connectivity index (χ4n) is 2.34. The Balaban J connectivity index is 1.46. The number of amides is 1. The summed E-state index contributed by atoms with van der Waals surface area (Å²) in [6, 6.07) is 10.4. The second-order valence-corrected chi connectivity index (χ2v) is 5.61. The van der Waals surface area contributed by atoms with Crippen LogP contribution in [0.3, 0.4) is 0 Å². The predicted octanol–water partition coefficient (Wildman–Crippen LogP) is 2.19. The van der Waals surface area contributed by atoms with Gasteiger partial charge in [-0.3, -0.25) is 4.79 Å². The van der Waals surface area contributed by atoms with Crippen LogP contribution in [0, 0.1) is 0 Å². The van der Waals surface area contributed by atoms with E-state index >= 15 is 0 Å². The molecule has 1 unspecified atom stereocenters. The maximum Gasteiger partial charge on any atom is 0.260 e. The van der Waals surface area contributed by atoms with Crippen LogP contribution in [0.5, 0.6) is 11.6 Å². The maximum absolute atomic E-state index is 12.2. The van der Waals surface area contributed by atoms with E-state index in [2.05, 4.69) is 10.2 Å². The number of rotatable bonds is 5. The van der Waals surface area contributed by atoms with Crippen molar-refractivity contribution in [2.45, 2.75) is 12.5 Å². The van der Waals surface area contributed by atoms with Crippen LogP contribution in [0.15, 0.2) is 42.6 Å². The van der Waals surface area contributed by atoms with Gasteiger partial charge in [-0.25, -0.2) is 0 Å². The third-order valence-electron chi connectivity index (χ3n) is 3.51. The summed E-state index contributed by atoms with van der Waals surface area (Å²) in [6.45, 7) is 1.17. The van der Waals surface area contributed by atoms with Crippen molar-refractivity contribution in [1.82, 2.24) is 15.1 Å². The maximum atomic E-state index is 12.2. The van der Waals surface area contributed by atoms with Crippen molar-refractivity contribution in [2.75, 3.05) is 19.7 Å². The average molecular weight is 334 g/mol. The summed E-state index contributed by atoms with van der Waals surface area (Å²) in [5.41, 5.74) is 0. The Labute approximate surface area is 139 Å². The number of nitrogens with zero attached hydrogens (tertiary/aromatic N) is 3. The van der Waals surface area contributed by atoms with Crippen molar-refractivity contribution in [2.24, 2.45) is 0 Å². The van der Waals surface area contributed by atoms with Crippen molar-refractivity contribution in [1.29, 1.82) is 0 Å². The second-order valence-electron chi connectivity index (χ2n) is 5.17. The Morgan fingerprint density at radius 1 is 1.30 bits per heavy atom.